The Bertz CT molecular complexity index is 1110. The third kappa shape index (κ3) is 5.80. The summed E-state index contributed by atoms with van der Waals surface area (Å²) < 4.78 is 5.05. The van der Waals surface area contributed by atoms with Crippen LogP contribution in [0.25, 0.3) is 6.08 Å². The van der Waals surface area contributed by atoms with Crippen molar-refractivity contribution in [3.63, 3.8) is 0 Å². The molecule has 0 saturated heterocycles. The summed E-state index contributed by atoms with van der Waals surface area (Å²) in [5.41, 5.74) is 3.90. The number of methoxy groups -OCH3 is 1. The zero-order valence-corrected chi connectivity index (χ0v) is 16.8. The van der Waals surface area contributed by atoms with E-state index in [4.69, 9.17) is 4.74 Å². The SMILES string of the molecule is COc1cccc(/C=N/NC(=O)C(=Cc2ccccc2)NC(=O)c2ccccc2)c1O. The van der Waals surface area contributed by atoms with Gasteiger partial charge < -0.3 is 15.2 Å². The molecule has 3 N–H and O–H groups in total. The first kappa shape index (κ1) is 21.3. The fraction of sp³-hybridized carbons (Fsp3) is 0.0417. The first-order chi connectivity index (χ1) is 15.1. The summed E-state index contributed by atoms with van der Waals surface area (Å²) in [6, 6.07) is 22.6. The van der Waals surface area contributed by atoms with Gasteiger partial charge in [0.05, 0.1) is 13.3 Å². The van der Waals surface area contributed by atoms with E-state index in [1.807, 2.05) is 18.2 Å². The maximum absolute atomic E-state index is 12.7. The molecule has 156 valence electrons. The molecule has 0 heterocycles. The summed E-state index contributed by atoms with van der Waals surface area (Å²) >= 11 is 0. The van der Waals surface area contributed by atoms with E-state index in [2.05, 4.69) is 15.8 Å². The van der Waals surface area contributed by atoms with E-state index in [0.29, 0.717) is 11.1 Å². The van der Waals surface area contributed by atoms with E-state index in [0.717, 1.165) is 5.56 Å². The summed E-state index contributed by atoms with van der Waals surface area (Å²) in [5.74, 6) is -0.852. The molecule has 0 aliphatic carbocycles. The summed E-state index contributed by atoms with van der Waals surface area (Å²) in [7, 11) is 1.44. The number of nitrogens with zero attached hydrogens (tertiary/aromatic N) is 1. The van der Waals surface area contributed by atoms with Crippen molar-refractivity contribution < 1.29 is 19.4 Å². The number of phenols is 1. The van der Waals surface area contributed by atoms with Crippen LogP contribution in [-0.2, 0) is 4.79 Å². The summed E-state index contributed by atoms with van der Waals surface area (Å²) in [6.07, 6.45) is 2.84. The number of nitrogens with one attached hydrogen (secondary N) is 2. The molecule has 0 spiro atoms. The molecule has 0 radical (unpaired) electrons. The van der Waals surface area contributed by atoms with Crippen LogP contribution in [0.1, 0.15) is 21.5 Å². The Labute approximate surface area is 179 Å². The van der Waals surface area contributed by atoms with Crippen LogP contribution in [0.2, 0.25) is 0 Å². The largest absolute Gasteiger partial charge is 0.504 e. The third-order valence-corrected chi connectivity index (χ3v) is 4.26. The molecule has 0 aliphatic heterocycles. The zero-order chi connectivity index (χ0) is 22.1. The van der Waals surface area contributed by atoms with Gasteiger partial charge >= 0.3 is 0 Å². The van der Waals surface area contributed by atoms with Gasteiger partial charge in [-0.05, 0) is 35.9 Å². The first-order valence-corrected chi connectivity index (χ1v) is 9.41. The Hall–Kier alpha value is -4.39. The van der Waals surface area contributed by atoms with Gasteiger partial charge in [0.1, 0.15) is 5.70 Å². The number of carbonyl (C=O) groups is 2. The fourth-order valence-corrected chi connectivity index (χ4v) is 2.69. The number of para-hydroxylation sites is 1. The minimum Gasteiger partial charge on any atom is -0.504 e. The Morgan fingerprint density at radius 3 is 2.29 bits per heavy atom. The van der Waals surface area contributed by atoms with E-state index < -0.39 is 11.8 Å². The molecular formula is C24H21N3O4. The van der Waals surface area contributed by atoms with Gasteiger partial charge in [0.2, 0.25) is 0 Å². The predicted octanol–water partition coefficient (Wildman–Crippen LogP) is 3.32. The molecular weight excluding hydrogens is 394 g/mol. The van der Waals surface area contributed by atoms with Gasteiger partial charge in [-0.1, -0.05) is 54.6 Å². The number of rotatable bonds is 7. The van der Waals surface area contributed by atoms with Crippen molar-refractivity contribution in [2.75, 3.05) is 7.11 Å². The van der Waals surface area contributed by atoms with E-state index in [-0.39, 0.29) is 17.2 Å². The van der Waals surface area contributed by atoms with E-state index in [1.165, 1.54) is 13.3 Å². The molecule has 0 bridgehead atoms. The maximum atomic E-state index is 12.7. The molecule has 0 atom stereocenters. The minimum absolute atomic E-state index is 0.0204. The molecule has 2 amide bonds. The zero-order valence-electron chi connectivity index (χ0n) is 16.8. The Morgan fingerprint density at radius 1 is 0.935 bits per heavy atom. The molecule has 0 aliphatic rings. The molecule has 7 heteroatoms. The van der Waals surface area contributed by atoms with Gasteiger partial charge in [0, 0.05) is 11.1 Å². The summed E-state index contributed by atoms with van der Waals surface area (Å²) in [4.78, 5) is 25.3. The monoisotopic (exact) mass is 415 g/mol. The second-order valence-electron chi connectivity index (χ2n) is 6.39. The standard InChI is InChI=1S/C24H21N3O4/c1-31-21-14-8-13-19(22(21)28)16-25-27-24(30)20(15-17-9-4-2-5-10-17)26-23(29)18-11-6-3-7-12-18/h2-16,28H,1H3,(H,26,29)(H,27,30)/b20-15?,25-16+. The lowest BCUT2D eigenvalue weighted by Gasteiger charge is -2.09. The van der Waals surface area contributed by atoms with Crippen LogP contribution in [0.4, 0.5) is 0 Å². The van der Waals surface area contributed by atoms with Crippen LogP contribution in [0.3, 0.4) is 0 Å². The predicted molar refractivity (Wildman–Crippen MR) is 119 cm³/mol. The number of hydrazone groups is 1. The smallest absolute Gasteiger partial charge is 0.287 e. The van der Waals surface area contributed by atoms with Gasteiger partial charge in [0.15, 0.2) is 11.5 Å². The van der Waals surface area contributed by atoms with Crippen molar-refractivity contribution in [3.8, 4) is 11.5 Å². The lowest BCUT2D eigenvalue weighted by Crippen LogP contribution is -2.32. The van der Waals surface area contributed by atoms with Crippen LogP contribution in [0.5, 0.6) is 11.5 Å². The second-order valence-corrected chi connectivity index (χ2v) is 6.39. The third-order valence-electron chi connectivity index (χ3n) is 4.26. The van der Waals surface area contributed by atoms with Crippen molar-refractivity contribution in [1.29, 1.82) is 0 Å². The molecule has 3 rings (SSSR count). The lowest BCUT2D eigenvalue weighted by atomic mass is 10.1. The van der Waals surface area contributed by atoms with Gasteiger partial charge in [-0.3, -0.25) is 9.59 Å². The van der Waals surface area contributed by atoms with Gasteiger partial charge in [0.25, 0.3) is 11.8 Å². The number of ether oxygens (including phenoxy) is 1. The lowest BCUT2D eigenvalue weighted by molar-refractivity contribution is -0.117. The Balaban J connectivity index is 1.79. The highest BCUT2D eigenvalue weighted by molar-refractivity contribution is 6.05. The first-order valence-electron chi connectivity index (χ1n) is 9.41. The van der Waals surface area contributed by atoms with E-state index in [9.17, 15) is 14.7 Å². The normalized spacial score (nSPS) is 11.2. The molecule has 3 aromatic rings. The van der Waals surface area contributed by atoms with Gasteiger partial charge in [-0.25, -0.2) is 5.43 Å². The Morgan fingerprint density at radius 2 is 1.61 bits per heavy atom. The average Bonchev–Trinajstić information content (AvgIpc) is 2.81. The van der Waals surface area contributed by atoms with Crippen molar-refractivity contribution in [3.05, 3.63) is 101 Å². The second kappa shape index (κ2) is 10.4. The molecule has 3 aromatic carbocycles. The molecule has 0 unspecified atom stereocenters. The number of benzene rings is 3. The van der Waals surface area contributed by atoms with Crippen LogP contribution < -0.4 is 15.5 Å². The molecule has 0 fully saturated rings. The number of phenolic OH excluding ortho intramolecular Hbond substituents is 1. The molecule has 0 saturated carbocycles. The topological polar surface area (TPSA) is 100 Å². The average molecular weight is 415 g/mol. The minimum atomic E-state index is -0.619. The Kier molecular flexibility index (Phi) is 7.16. The highest BCUT2D eigenvalue weighted by Crippen LogP contribution is 2.27. The van der Waals surface area contributed by atoms with Crippen LogP contribution in [0, 0.1) is 0 Å². The van der Waals surface area contributed by atoms with Crippen LogP contribution in [0.15, 0.2) is 89.7 Å². The van der Waals surface area contributed by atoms with E-state index in [1.54, 1.807) is 66.7 Å². The van der Waals surface area contributed by atoms with Gasteiger partial charge in [-0.2, -0.15) is 5.10 Å². The number of carbonyl (C=O) groups excluding carboxylic acids is 2. The number of hydrogen-bond donors (Lipinski definition) is 3. The molecule has 31 heavy (non-hydrogen) atoms. The summed E-state index contributed by atoms with van der Waals surface area (Å²) in [5, 5.41) is 16.6. The van der Waals surface area contributed by atoms with Crippen LogP contribution >= 0.6 is 0 Å². The van der Waals surface area contributed by atoms with E-state index >= 15 is 0 Å². The highest BCUT2D eigenvalue weighted by Gasteiger charge is 2.14. The number of hydrogen-bond acceptors (Lipinski definition) is 5. The number of amides is 2. The highest BCUT2D eigenvalue weighted by atomic mass is 16.5. The maximum Gasteiger partial charge on any atom is 0.287 e. The molecule has 0 aromatic heterocycles. The number of aromatic hydroxyl groups is 1. The van der Waals surface area contributed by atoms with Crippen LogP contribution in [-0.4, -0.2) is 30.2 Å². The van der Waals surface area contributed by atoms with Crippen molar-refractivity contribution in [2.45, 2.75) is 0 Å². The van der Waals surface area contributed by atoms with Crippen molar-refractivity contribution in [1.82, 2.24) is 10.7 Å². The fourth-order valence-electron chi connectivity index (χ4n) is 2.69. The quantitative estimate of drug-likeness (QED) is 0.313. The van der Waals surface area contributed by atoms with Crippen molar-refractivity contribution >= 4 is 24.1 Å². The van der Waals surface area contributed by atoms with Crippen molar-refractivity contribution in [2.24, 2.45) is 5.10 Å². The molecule has 7 nitrogen and oxygen atoms in total. The van der Waals surface area contributed by atoms with Gasteiger partial charge in [-0.15, -0.1) is 0 Å². The summed E-state index contributed by atoms with van der Waals surface area (Å²) in [6.45, 7) is 0.